The molecule has 2 nitrogen and oxygen atoms in total. The molecule has 10 rings (SSSR count). The number of para-hydroxylation sites is 2. The summed E-state index contributed by atoms with van der Waals surface area (Å²) in [5, 5.41) is 1.11. The molecule has 58 heavy (non-hydrogen) atoms. The number of fused-ring (bicyclic) bond motifs is 1. The molecule has 0 aliphatic rings. The van der Waals surface area contributed by atoms with Crippen LogP contribution in [0.25, 0.3) is 77.9 Å². The summed E-state index contributed by atoms with van der Waals surface area (Å²) in [6, 6.07) is 84.3. The average molecular weight is 742 g/mol. The Labute approximate surface area is 339 Å². The lowest BCUT2D eigenvalue weighted by molar-refractivity contribution is 0.631. The molecule has 0 spiro atoms. The first kappa shape index (κ1) is 34.8. The van der Waals surface area contributed by atoms with Crippen LogP contribution in [-0.2, 0) is 0 Å². The Kier molecular flexibility index (Phi) is 9.27. The number of furan rings is 1. The maximum Gasteiger partial charge on any atom is 0.135 e. The number of hydrogen-bond donors (Lipinski definition) is 0. The molecular weight excluding hydrogens is 703 g/mol. The summed E-state index contributed by atoms with van der Waals surface area (Å²) in [7, 11) is 0. The fraction of sp³-hybridized carbons (Fsp3) is 0. The highest BCUT2D eigenvalue weighted by Crippen LogP contribution is 2.42. The van der Waals surface area contributed by atoms with Gasteiger partial charge in [0.15, 0.2) is 0 Å². The van der Waals surface area contributed by atoms with E-state index in [1.54, 1.807) is 0 Å². The molecule has 0 bridgehead atoms. The fourth-order valence-corrected chi connectivity index (χ4v) is 7.90. The van der Waals surface area contributed by atoms with E-state index in [9.17, 15) is 0 Å². The van der Waals surface area contributed by atoms with Gasteiger partial charge in [0.05, 0.1) is 5.69 Å². The van der Waals surface area contributed by atoms with E-state index in [2.05, 4.69) is 223 Å². The van der Waals surface area contributed by atoms with Gasteiger partial charge >= 0.3 is 0 Å². The van der Waals surface area contributed by atoms with E-state index in [1.165, 1.54) is 33.4 Å². The maximum atomic E-state index is 6.23. The van der Waals surface area contributed by atoms with E-state index in [4.69, 9.17) is 4.42 Å². The quantitative estimate of drug-likeness (QED) is 0.146. The highest BCUT2D eigenvalue weighted by Gasteiger charge is 2.18. The van der Waals surface area contributed by atoms with Crippen LogP contribution in [0.4, 0.5) is 17.1 Å². The van der Waals surface area contributed by atoms with Crippen molar-refractivity contribution in [1.82, 2.24) is 0 Å². The number of nitrogens with zero attached hydrogens (tertiary/aromatic N) is 1. The van der Waals surface area contributed by atoms with Crippen molar-refractivity contribution < 1.29 is 4.42 Å². The Morgan fingerprint density at radius 2 is 0.690 bits per heavy atom. The molecule has 1 heterocycles. The smallest absolute Gasteiger partial charge is 0.135 e. The minimum atomic E-state index is 0.870. The van der Waals surface area contributed by atoms with E-state index in [0.29, 0.717) is 0 Å². The standard InChI is InChI=1S/C56H39NO/c1-3-13-40(14-4-1)42-25-27-45(28-26-42)53-22-8-9-23-54(53)57(51-33-29-43(30-34-51)47-19-11-18-46(37-47)41-15-5-2-6-16-41)52-35-31-44(32-36-52)48-20-12-21-49(38-48)56-39-50-17-7-10-24-55(50)58-56/h1-39H. The van der Waals surface area contributed by atoms with Crippen LogP contribution in [0, 0.1) is 0 Å². The summed E-state index contributed by atoms with van der Waals surface area (Å²) in [6.45, 7) is 0. The Hall–Kier alpha value is -7.68. The monoisotopic (exact) mass is 741 g/mol. The van der Waals surface area contributed by atoms with Gasteiger partial charge in [-0.05, 0) is 105 Å². The molecule has 9 aromatic carbocycles. The van der Waals surface area contributed by atoms with Crippen molar-refractivity contribution in [2.45, 2.75) is 0 Å². The summed E-state index contributed by atoms with van der Waals surface area (Å²) in [5.74, 6) is 0.870. The van der Waals surface area contributed by atoms with E-state index in [0.717, 1.165) is 61.6 Å². The first-order valence-corrected chi connectivity index (χ1v) is 19.7. The van der Waals surface area contributed by atoms with Crippen molar-refractivity contribution in [3.63, 3.8) is 0 Å². The van der Waals surface area contributed by atoms with Crippen molar-refractivity contribution in [2.75, 3.05) is 4.90 Å². The second-order valence-electron chi connectivity index (χ2n) is 14.6. The Balaban J connectivity index is 1.03. The van der Waals surface area contributed by atoms with Crippen LogP contribution in [0.15, 0.2) is 241 Å². The van der Waals surface area contributed by atoms with Gasteiger partial charge in [-0.3, -0.25) is 0 Å². The molecule has 10 aromatic rings. The van der Waals surface area contributed by atoms with Crippen molar-refractivity contribution in [3.8, 4) is 67.0 Å². The summed E-state index contributed by atoms with van der Waals surface area (Å²) < 4.78 is 6.23. The molecule has 0 radical (unpaired) electrons. The summed E-state index contributed by atoms with van der Waals surface area (Å²) in [6.07, 6.45) is 0. The topological polar surface area (TPSA) is 16.4 Å². The van der Waals surface area contributed by atoms with Gasteiger partial charge < -0.3 is 9.32 Å². The largest absolute Gasteiger partial charge is 0.456 e. The van der Waals surface area contributed by atoms with Crippen molar-refractivity contribution in [3.05, 3.63) is 237 Å². The predicted octanol–water partition coefficient (Wildman–Crippen LogP) is 15.9. The van der Waals surface area contributed by atoms with Crippen LogP contribution in [0.2, 0.25) is 0 Å². The predicted molar refractivity (Wildman–Crippen MR) is 244 cm³/mol. The number of benzene rings is 9. The zero-order valence-electron chi connectivity index (χ0n) is 31.9. The van der Waals surface area contributed by atoms with Crippen molar-refractivity contribution in [2.24, 2.45) is 0 Å². The highest BCUT2D eigenvalue weighted by atomic mass is 16.3. The molecule has 0 saturated carbocycles. The van der Waals surface area contributed by atoms with Crippen LogP contribution in [0.5, 0.6) is 0 Å². The Morgan fingerprint density at radius 3 is 1.29 bits per heavy atom. The molecule has 2 heteroatoms. The second-order valence-corrected chi connectivity index (χ2v) is 14.6. The molecule has 0 saturated heterocycles. The van der Waals surface area contributed by atoms with Gasteiger partial charge in [-0.1, -0.05) is 182 Å². The van der Waals surface area contributed by atoms with Gasteiger partial charge in [-0.25, -0.2) is 0 Å². The highest BCUT2D eigenvalue weighted by molar-refractivity contribution is 5.90. The molecule has 0 amide bonds. The lowest BCUT2D eigenvalue weighted by atomic mass is 9.97. The molecule has 0 aliphatic heterocycles. The first-order chi connectivity index (χ1) is 28.7. The fourth-order valence-electron chi connectivity index (χ4n) is 7.90. The van der Waals surface area contributed by atoms with E-state index in [1.807, 2.05) is 18.2 Å². The summed E-state index contributed by atoms with van der Waals surface area (Å²) >= 11 is 0. The SMILES string of the molecule is c1ccc(-c2ccc(-c3ccccc3N(c3ccc(-c4cccc(-c5ccccc5)c4)cc3)c3ccc(-c4cccc(-c5cc6ccccc6o5)c4)cc3)cc2)cc1. The normalized spacial score (nSPS) is 11.1. The molecule has 1 aromatic heterocycles. The molecule has 0 N–H and O–H groups in total. The van der Waals surface area contributed by atoms with E-state index >= 15 is 0 Å². The molecule has 0 aliphatic carbocycles. The van der Waals surface area contributed by atoms with Gasteiger partial charge in [0.1, 0.15) is 11.3 Å². The zero-order chi connectivity index (χ0) is 38.7. The summed E-state index contributed by atoms with van der Waals surface area (Å²) in [5.41, 5.74) is 17.0. The maximum absolute atomic E-state index is 6.23. The third-order valence-electron chi connectivity index (χ3n) is 10.9. The Morgan fingerprint density at radius 1 is 0.276 bits per heavy atom. The zero-order valence-corrected chi connectivity index (χ0v) is 31.9. The minimum Gasteiger partial charge on any atom is -0.456 e. The summed E-state index contributed by atoms with van der Waals surface area (Å²) in [4.78, 5) is 2.37. The van der Waals surface area contributed by atoms with Crippen LogP contribution < -0.4 is 4.90 Å². The van der Waals surface area contributed by atoms with Crippen LogP contribution in [-0.4, -0.2) is 0 Å². The van der Waals surface area contributed by atoms with Gasteiger partial charge in [-0.2, -0.15) is 0 Å². The van der Waals surface area contributed by atoms with Gasteiger partial charge in [-0.15, -0.1) is 0 Å². The molecule has 0 fully saturated rings. The first-order valence-electron chi connectivity index (χ1n) is 19.7. The number of rotatable bonds is 9. The second kappa shape index (κ2) is 15.5. The van der Waals surface area contributed by atoms with Crippen LogP contribution in [0.1, 0.15) is 0 Å². The van der Waals surface area contributed by atoms with Gasteiger partial charge in [0, 0.05) is 27.9 Å². The average Bonchev–Trinajstić information content (AvgIpc) is 3.75. The number of hydrogen-bond acceptors (Lipinski definition) is 2. The lowest BCUT2D eigenvalue weighted by Crippen LogP contribution is -2.11. The molecule has 274 valence electrons. The van der Waals surface area contributed by atoms with Crippen molar-refractivity contribution in [1.29, 1.82) is 0 Å². The molecule has 0 atom stereocenters. The van der Waals surface area contributed by atoms with Crippen LogP contribution in [0.3, 0.4) is 0 Å². The number of anilines is 3. The van der Waals surface area contributed by atoms with E-state index < -0.39 is 0 Å². The Bertz CT molecular complexity index is 2930. The molecule has 0 unspecified atom stereocenters. The third kappa shape index (κ3) is 7.00. The van der Waals surface area contributed by atoms with Gasteiger partial charge in [0.2, 0.25) is 0 Å². The van der Waals surface area contributed by atoms with E-state index in [-0.39, 0.29) is 0 Å². The lowest BCUT2D eigenvalue weighted by Gasteiger charge is -2.28. The minimum absolute atomic E-state index is 0.870. The van der Waals surface area contributed by atoms with Crippen molar-refractivity contribution >= 4 is 28.0 Å². The van der Waals surface area contributed by atoms with Crippen LogP contribution >= 0.6 is 0 Å². The molecular formula is C56H39NO. The van der Waals surface area contributed by atoms with Gasteiger partial charge in [0.25, 0.3) is 0 Å². The third-order valence-corrected chi connectivity index (χ3v) is 10.9.